The van der Waals surface area contributed by atoms with Crippen LogP contribution < -0.4 is 14.8 Å². The van der Waals surface area contributed by atoms with Gasteiger partial charge in [0.15, 0.2) is 0 Å². The second-order valence-electron chi connectivity index (χ2n) is 11.1. The molecule has 12 heteroatoms. The number of hydrogen-bond acceptors (Lipinski definition) is 8. The van der Waals surface area contributed by atoms with Gasteiger partial charge in [-0.2, -0.15) is 0 Å². The lowest BCUT2D eigenvalue weighted by Crippen LogP contribution is -2.32. The zero-order chi connectivity index (χ0) is 31.4. The summed E-state index contributed by atoms with van der Waals surface area (Å²) in [6.07, 6.45) is -0.620. The lowest BCUT2D eigenvalue weighted by molar-refractivity contribution is -0.274. The van der Waals surface area contributed by atoms with Crippen LogP contribution in [-0.4, -0.2) is 44.2 Å². The Balaban J connectivity index is 1.31. The van der Waals surface area contributed by atoms with Crippen molar-refractivity contribution >= 4 is 17.6 Å². The van der Waals surface area contributed by atoms with Gasteiger partial charge in [0.05, 0.1) is 38.7 Å². The van der Waals surface area contributed by atoms with Gasteiger partial charge in [0.2, 0.25) is 5.91 Å². The van der Waals surface area contributed by atoms with Crippen LogP contribution in [0.1, 0.15) is 66.6 Å². The minimum Gasteiger partial charge on any atom is -0.495 e. The van der Waals surface area contributed by atoms with Gasteiger partial charge in [-0.1, -0.05) is 30.6 Å². The average Bonchev–Trinajstić information content (AvgIpc) is 3.63. The molecule has 3 aromatic rings. The molecule has 3 unspecified atom stereocenters. The van der Waals surface area contributed by atoms with Crippen molar-refractivity contribution in [1.82, 2.24) is 5.16 Å². The summed E-state index contributed by atoms with van der Waals surface area (Å²) in [6.45, 7) is 2.38. The number of ether oxygens (including phenoxy) is 4. The number of esters is 1. The molecule has 2 aliphatic rings. The van der Waals surface area contributed by atoms with Crippen LogP contribution in [0.5, 0.6) is 11.5 Å². The van der Waals surface area contributed by atoms with Crippen molar-refractivity contribution in [2.75, 3.05) is 26.1 Å². The molecule has 2 saturated carbocycles. The van der Waals surface area contributed by atoms with Crippen molar-refractivity contribution < 1.29 is 46.2 Å². The summed E-state index contributed by atoms with van der Waals surface area (Å²) < 4.78 is 65.6. The SMILES string of the molecule is CCC1CCC(COCc2c(-c3ccccc3OC(F)(F)F)noc2C2CC2)C1C(=O)Nc1ccc(C(=O)OC)cc1OC. The van der Waals surface area contributed by atoms with E-state index in [1.165, 1.54) is 38.5 Å². The van der Waals surface area contributed by atoms with Crippen molar-refractivity contribution in [3.05, 3.63) is 59.4 Å². The van der Waals surface area contributed by atoms with Gasteiger partial charge >= 0.3 is 12.3 Å². The number of nitrogens with one attached hydrogen (secondary N) is 1. The molecule has 2 aliphatic carbocycles. The van der Waals surface area contributed by atoms with E-state index in [9.17, 15) is 22.8 Å². The molecule has 1 aromatic heterocycles. The van der Waals surface area contributed by atoms with Crippen molar-refractivity contribution in [1.29, 1.82) is 0 Å². The van der Waals surface area contributed by atoms with E-state index in [4.69, 9.17) is 18.7 Å². The molecule has 1 N–H and O–H groups in total. The Morgan fingerprint density at radius 3 is 2.45 bits per heavy atom. The zero-order valence-electron chi connectivity index (χ0n) is 24.7. The summed E-state index contributed by atoms with van der Waals surface area (Å²) in [4.78, 5) is 25.6. The Morgan fingerprint density at radius 2 is 1.77 bits per heavy atom. The molecule has 5 rings (SSSR count). The fourth-order valence-electron chi connectivity index (χ4n) is 6.03. The number of methoxy groups -OCH3 is 2. The quantitative estimate of drug-likeness (QED) is 0.214. The van der Waals surface area contributed by atoms with E-state index in [1.807, 2.05) is 6.92 Å². The molecule has 9 nitrogen and oxygen atoms in total. The number of hydrogen-bond donors (Lipinski definition) is 1. The lowest BCUT2D eigenvalue weighted by Gasteiger charge is -2.24. The van der Waals surface area contributed by atoms with Crippen molar-refractivity contribution in [2.24, 2.45) is 17.8 Å². The first-order chi connectivity index (χ1) is 21.1. The summed E-state index contributed by atoms with van der Waals surface area (Å²) in [7, 11) is 2.74. The van der Waals surface area contributed by atoms with Crippen LogP contribution in [0, 0.1) is 17.8 Å². The summed E-state index contributed by atoms with van der Waals surface area (Å²) in [5.41, 5.74) is 1.74. The molecular formula is C32H35F3N2O7. The minimum absolute atomic E-state index is 0.0649. The van der Waals surface area contributed by atoms with E-state index in [-0.39, 0.29) is 59.8 Å². The molecule has 0 spiro atoms. The van der Waals surface area contributed by atoms with Crippen molar-refractivity contribution in [3.8, 4) is 22.8 Å². The molecule has 44 heavy (non-hydrogen) atoms. The zero-order valence-corrected chi connectivity index (χ0v) is 24.7. The average molecular weight is 617 g/mol. The van der Waals surface area contributed by atoms with Crippen LogP contribution in [0.25, 0.3) is 11.3 Å². The number of nitrogens with zero attached hydrogens (tertiary/aromatic N) is 1. The molecule has 236 valence electrons. The van der Waals surface area contributed by atoms with Gasteiger partial charge in [-0.3, -0.25) is 4.79 Å². The van der Waals surface area contributed by atoms with E-state index in [2.05, 4.69) is 15.2 Å². The summed E-state index contributed by atoms with van der Waals surface area (Å²) >= 11 is 0. The third-order valence-electron chi connectivity index (χ3n) is 8.34. The highest BCUT2D eigenvalue weighted by Gasteiger charge is 2.41. The van der Waals surface area contributed by atoms with Gasteiger partial charge in [-0.05, 0) is 67.9 Å². The predicted octanol–water partition coefficient (Wildman–Crippen LogP) is 7.12. The van der Waals surface area contributed by atoms with Crippen LogP contribution in [0.4, 0.5) is 18.9 Å². The van der Waals surface area contributed by atoms with Crippen molar-refractivity contribution in [3.63, 3.8) is 0 Å². The highest BCUT2D eigenvalue weighted by atomic mass is 19.4. The molecule has 1 amide bonds. The number of rotatable bonds is 12. The number of benzene rings is 2. The maximum Gasteiger partial charge on any atom is 0.573 e. The third-order valence-corrected chi connectivity index (χ3v) is 8.34. The van der Waals surface area contributed by atoms with Crippen LogP contribution in [0.3, 0.4) is 0 Å². The number of alkyl halides is 3. The molecule has 2 aromatic carbocycles. The third kappa shape index (κ3) is 7.01. The summed E-state index contributed by atoms with van der Waals surface area (Å²) in [5, 5.41) is 7.11. The van der Waals surface area contributed by atoms with Crippen molar-refractivity contribution in [2.45, 2.75) is 57.9 Å². The number of carbonyl (C=O) groups is 2. The first-order valence-corrected chi connectivity index (χ1v) is 14.6. The molecule has 0 bridgehead atoms. The Kier molecular flexibility index (Phi) is 9.48. The fourth-order valence-corrected chi connectivity index (χ4v) is 6.03. The smallest absolute Gasteiger partial charge is 0.495 e. The molecular weight excluding hydrogens is 581 g/mol. The standard InChI is InChI=1S/C32H35F3N2O7/c1-4-18-9-12-21(27(18)30(38)36-24-14-13-20(31(39)41-3)15-26(24)40-2)16-42-17-23-28(37-44-29(23)19-10-11-19)22-7-5-6-8-25(22)43-32(33,34)35/h5-8,13-15,18-19,21,27H,4,9-12,16-17H2,1-3H3,(H,36,38). The number of halogens is 3. The van der Waals surface area contributed by atoms with E-state index in [0.717, 1.165) is 32.1 Å². The van der Waals surface area contributed by atoms with Crippen LogP contribution >= 0.6 is 0 Å². The second-order valence-corrected chi connectivity index (χ2v) is 11.1. The highest BCUT2D eigenvalue weighted by molar-refractivity contribution is 5.96. The number of carbonyl (C=O) groups excluding carboxylic acids is 2. The summed E-state index contributed by atoms with van der Waals surface area (Å²) in [5.74, 6) is -0.259. The van der Waals surface area contributed by atoms with Gasteiger partial charge in [-0.25, -0.2) is 4.79 Å². The van der Waals surface area contributed by atoms with E-state index >= 15 is 0 Å². The molecule has 0 saturated heterocycles. The first kappa shape index (κ1) is 31.4. The highest BCUT2D eigenvalue weighted by Crippen LogP contribution is 2.46. The van der Waals surface area contributed by atoms with Gasteiger partial charge < -0.3 is 28.8 Å². The first-order valence-electron chi connectivity index (χ1n) is 14.6. The number of amides is 1. The van der Waals surface area contributed by atoms with E-state index < -0.39 is 12.3 Å². The second kappa shape index (κ2) is 13.3. The van der Waals surface area contributed by atoms with Gasteiger partial charge in [-0.15, -0.1) is 13.2 Å². The van der Waals surface area contributed by atoms with Crippen LogP contribution in [0.15, 0.2) is 47.0 Å². The Labute approximate surface area is 253 Å². The van der Waals surface area contributed by atoms with E-state index in [1.54, 1.807) is 18.2 Å². The Hall–Kier alpha value is -4.06. The van der Waals surface area contributed by atoms with Gasteiger partial charge in [0, 0.05) is 23.0 Å². The molecule has 3 atom stereocenters. The molecule has 0 aliphatic heterocycles. The predicted molar refractivity (Wildman–Crippen MR) is 153 cm³/mol. The Bertz CT molecular complexity index is 1480. The maximum atomic E-state index is 13.6. The minimum atomic E-state index is -4.86. The number of aromatic nitrogens is 1. The van der Waals surface area contributed by atoms with Gasteiger partial charge in [0.1, 0.15) is 23.0 Å². The number of para-hydroxylation sites is 1. The number of anilines is 1. The molecule has 2 fully saturated rings. The largest absolute Gasteiger partial charge is 0.573 e. The topological polar surface area (TPSA) is 109 Å². The van der Waals surface area contributed by atoms with E-state index in [0.29, 0.717) is 28.3 Å². The normalized spacial score (nSPS) is 19.9. The van der Waals surface area contributed by atoms with Gasteiger partial charge in [0.25, 0.3) is 0 Å². The molecule has 1 heterocycles. The lowest BCUT2D eigenvalue weighted by atomic mass is 9.87. The maximum absolute atomic E-state index is 13.6. The summed E-state index contributed by atoms with van der Waals surface area (Å²) in [6, 6.07) is 10.5. The van der Waals surface area contributed by atoms with Crippen LogP contribution in [-0.2, 0) is 20.9 Å². The fraction of sp³-hybridized carbons (Fsp3) is 0.469. The molecule has 0 radical (unpaired) electrons. The Morgan fingerprint density at radius 1 is 1.02 bits per heavy atom. The monoisotopic (exact) mass is 616 g/mol. The van der Waals surface area contributed by atoms with Crippen LogP contribution in [0.2, 0.25) is 0 Å².